The summed E-state index contributed by atoms with van der Waals surface area (Å²) >= 11 is 0. The summed E-state index contributed by atoms with van der Waals surface area (Å²) in [6.07, 6.45) is 4.04. The lowest BCUT2D eigenvalue weighted by molar-refractivity contribution is 0.0949. The molecule has 0 bridgehead atoms. The largest absolute Gasteiger partial charge is 0.386 e. The highest BCUT2D eigenvalue weighted by atomic mass is 16.5. The Morgan fingerprint density at radius 2 is 2.38 bits per heavy atom. The van der Waals surface area contributed by atoms with E-state index < -0.39 is 0 Å². The Morgan fingerprint density at radius 3 is 3.06 bits per heavy atom. The summed E-state index contributed by atoms with van der Waals surface area (Å²) < 4.78 is 4.90. The van der Waals surface area contributed by atoms with Gasteiger partial charge in [0.1, 0.15) is 0 Å². The molecule has 5 heteroatoms. The summed E-state index contributed by atoms with van der Waals surface area (Å²) in [5.74, 6) is -0.0946. The van der Waals surface area contributed by atoms with E-state index >= 15 is 0 Å². The van der Waals surface area contributed by atoms with Crippen molar-refractivity contribution in [1.82, 2.24) is 10.3 Å². The lowest BCUT2D eigenvalue weighted by Gasteiger charge is -2.08. The number of hydrogen-bond acceptors (Lipinski definition) is 4. The third-order valence-corrected chi connectivity index (χ3v) is 2.15. The second-order valence-corrected chi connectivity index (χ2v) is 3.27. The molecule has 1 amide bonds. The van der Waals surface area contributed by atoms with E-state index in [4.69, 9.17) is 4.74 Å². The maximum Gasteiger partial charge on any atom is 0.253 e. The lowest BCUT2D eigenvalue weighted by atomic mass is 10.2. The Morgan fingerprint density at radius 1 is 1.56 bits per heavy atom. The topological polar surface area (TPSA) is 63.2 Å². The summed E-state index contributed by atoms with van der Waals surface area (Å²) in [4.78, 5) is 15.7. The first-order valence-electron chi connectivity index (χ1n) is 5.18. The van der Waals surface area contributed by atoms with Gasteiger partial charge in [-0.25, -0.2) is 0 Å². The van der Waals surface area contributed by atoms with Crippen LogP contribution in [0.15, 0.2) is 18.5 Å². The molecule has 0 radical (unpaired) electrons. The van der Waals surface area contributed by atoms with Gasteiger partial charge in [0.25, 0.3) is 5.91 Å². The lowest BCUT2D eigenvalue weighted by Crippen LogP contribution is -2.26. The van der Waals surface area contributed by atoms with Crippen molar-refractivity contribution >= 4 is 11.6 Å². The molecule has 2 N–H and O–H groups in total. The monoisotopic (exact) mass is 223 g/mol. The van der Waals surface area contributed by atoms with E-state index in [2.05, 4.69) is 15.6 Å². The summed E-state index contributed by atoms with van der Waals surface area (Å²) in [5.41, 5.74) is 1.33. The average Bonchev–Trinajstić information content (AvgIpc) is 2.34. The van der Waals surface area contributed by atoms with Gasteiger partial charge < -0.3 is 15.4 Å². The minimum Gasteiger partial charge on any atom is -0.386 e. The van der Waals surface area contributed by atoms with Gasteiger partial charge in [-0.2, -0.15) is 0 Å². The van der Waals surface area contributed by atoms with Crippen LogP contribution >= 0.6 is 0 Å². The number of aromatic nitrogens is 1. The summed E-state index contributed by atoms with van der Waals surface area (Å²) in [7, 11) is 3.41. The van der Waals surface area contributed by atoms with Crippen molar-refractivity contribution in [1.29, 1.82) is 0 Å². The van der Waals surface area contributed by atoms with Crippen LogP contribution in [-0.2, 0) is 4.74 Å². The smallest absolute Gasteiger partial charge is 0.253 e. The molecule has 1 aromatic rings. The number of nitrogens with zero attached hydrogens (tertiary/aromatic N) is 1. The van der Waals surface area contributed by atoms with Gasteiger partial charge in [0.05, 0.1) is 17.4 Å². The fourth-order valence-electron chi connectivity index (χ4n) is 1.31. The van der Waals surface area contributed by atoms with Crippen LogP contribution in [0, 0.1) is 0 Å². The number of nitrogens with one attached hydrogen (secondary N) is 2. The standard InChI is InChI=1S/C11H17N3O2/c1-12-10-8-13-6-4-9(10)11(15)14-5-3-7-16-2/h4,6,8,12H,3,5,7H2,1-2H3,(H,14,15). The van der Waals surface area contributed by atoms with Crippen LogP contribution in [0.1, 0.15) is 16.8 Å². The van der Waals surface area contributed by atoms with E-state index in [0.717, 1.165) is 12.1 Å². The molecule has 0 aliphatic heterocycles. The normalized spacial score (nSPS) is 9.88. The Labute approximate surface area is 95.2 Å². The fourth-order valence-corrected chi connectivity index (χ4v) is 1.31. The van der Waals surface area contributed by atoms with E-state index in [1.54, 1.807) is 32.6 Å². The second kappa shape index (κ2) is 6.79. The number of ether oxygens (including phenoxy) is 1. The second-order valence-electron chi connectivity index (χ2n) is 3.27. The molecule has 0 unspecified atom stereocenters. The number of carbonyl (C=O) groups excluding carboxylic acids is 1. The number of pyridine rings is 1. The van der Waals surface area contributed by atoms with Crippen LogP contribution in [0.2, 0.25) is 0 Å². The molecule has 5 nitrogen and oxygen atoms in total. The van der Waals surface area contributed by atoms with E-state index in [0.29, 0.717) is 18.7 Å². The minimum absolute atomic E-state index is 0.0946. The molecule has 0 fully saturated rings. The molecular weight excluding hydrogens is 206 g/mol. The Bertz CT molecular complexity index is 342. The zero-order chi connectivity index (χ0) is 11.8. The molecule has 1 rings (SSSR count). The first kappa shape index (κ1) is 12.4. The SMILES string of the molecule is CNc1cnccc1C(=O)NCCCOC. The van der Waals surface area contributed by atoms with E-state index in [1.165, 1.54) is 0 Å². The highest BCUT2D eigenvalue weighted by Crippen LogP contribution is 2.11. The van der Waals surface area contributed by atoms with Gasteiger partial charge in [-0.05, 0) is 12.5 Å². The van der Waals surface area contributed by atoms with Gasteiger partial charge in [0.15, 0.2) is 0 Å². The van der Waals surface area contributed by atoms with Crippen molar-refractivity contribution in [2.24, 2.45) is 0 Å². The van der Waals surface area contributed by atoms with Crippen LogP contribution in [0.3, 0.4) is 0 Å². The quantitative estimate of drug-likeness (QED) is 0.703. The zero-order valence-electron chi connectivity index (χ0n) is 9.62. The highest BCUT2D eigenvalue weighted by Gasteiger charge is 2.09. The van der Waals surface area contributed by atoms with Gasteiger partial charge in [0, 0.05) is 33.5 Å². The van der Waals surface area contributed by atoms with Crippen molar-refractivity contribution in [2.45, 2.75) is 6.42 Å². The molecule has 0 saturated heterocycles. The number of hydrogen-bond donors (Lipinski definition) is 2. The first-order valence-corrected chi connectivity index (χ1v) is 5.18. The zero-order valence-corrected chi connectivity index (χ0v) is 9.62. The number of carbonyl (C=O) groups is 1. The van der Waals surface area contributed by atoms with Gasteiger partial charge in [-0.15, -0.1) is 0 Å². The molecule has 0 aliphatic rings. The summed E-state index contributed by atoms with van der Waals surface area (Å²) in [5, 5.41) is 5.75. The van der Waals surface area contributed by atoms with Gasteiger partial charge in [0.2, 0.25) is 0 Å². The van der Waals surface area contributed by atoms with Crippen LogP contribution in [0.4, 0.5) is 5.69 Å². The van der Waals surface area contributed by atoms with Crippen LogP contribution in [0.5, 0.6) is 0 Å². The van der Waals surface area contributed by atoms with Crippen LogP contribution in [-0.4, -0.2) is 38.2 Å². The molecule has 1 aromatic heterocycles. The van der Waals surface area contributed by atoms with E-state index in [1.807, 2.05) is 0 Å². The molecule has 16 heavy (non-hydrogen) atoms. The molecular formula is C11H17N3O2. The van der Waals surface area contributed by atoms with Gasteiger partial charge in [-0.3, -0.25) is 9.78 Å². The van der Waals surface area contributed by atoms with Crippen LogP contribution in [0.25, 0.3) is 0 Å². The average molecular weight is 223 g/mol. The van der Waals surface area contributed by atoms with Crippen LogP contribution < -0.4 is 10.6 Å². The fraction of sp³-hybridized carbons (Fsp3) is 0.455. The minimum atomic E-state index is -0.0946. The first-order chi connectivity index (χ1) is 7.79. The number of anilines is 1. The molecule has 0 atom stereocenters. The molecule has 0 spiro atoms. The number of methoxy groups -OCH3 is 1. The Kier molecular flexibility index (Phi) is 5.28. The molecule has 88 valence electrons. The maximum atomic E-state index is 11.8. The predicted octanol–water partition coefficient (Wildman–Crippen LogP) is 0.890. The molecule has 0 saturated carbocycles. The third kappa shape index (κ3) is 3.51. The Hall–Kier alpha value is -1.62. The maximum absolute atomic E-state index is 11.8. The number of rotatable bonds is 6. The van der Waals surface area contributed by atoms with Gasteiger partial charge in [-0.1, -0.05) is 0 Å². The third-order valence-electron chi connectivity index (χ3n) is 2.15. The van der Waals surface area contributed by atoms with E-state index in [9.17, 15) is 4.79 Å². The molecule has 0 aliphatic carbocycles. The summed E-state index contributed by atoms with van der Waals surface area (Å²) in [6.45, 7) is 1.26. The number of amides is 1. The van der Waals surface area contributed by atoms with Crippen molar-refractivity contribution in [2.75, 3.05) is 32.6 Å². The molecule has 1 heterocycles. The predicted molar refractivity (Wildman–Crippen MR) is 62.6 cm³/mol. The van der Waals surface area contributed by atoms with Gasteiger partial charge >= 0.3 is 0 Å². The van der Waals surface area contributed by atoms with Crippen molar-refractivity contribution in [3.8, 4) is 0 Å². The summed E-state index contributed by atoms with van der Waals surface area (Å²) in [6, 6.07) is 1.69. The van der Waals surface area contributed by atoms with Crippen molar-refractivity contribution in [3.63, 3.8) is 0 Å². The highest BCUT2D eigenvalue weighted by molar-refractivity contribution is 5.99. The van der Waals surface area contributed by atoms with Crippen molar-refractivity contribution < 1.29 is 9.53 Å². The molecule has 0 aromatic carbocycles. The van der Waals surface area contributed by atoms with E-state index in [-0.39, 0.29) is 5.91 Å². The van der Waals surface area contributed by atoms with Crippen molar-refractivity contribution in [3.05, 3.63) is 24.0 Å². The Balaban J connectivity index is 2.52.